The zero-order valence-corrected chi connectivity index (χ0v) is 15.8. The van der Waals surface area contributed by atoms with Crippen molar-refractivity contribution in [2.24, 2.45) is 0 Å². The highest BCUT2D eigenvalue weighted by Gasteiger charge is 2.23. The maximum Gasteiger partial charge on any atom is 0.353 e. The summed E-state index contributed by atoms with van der Waals surface area (Å²) in [6.45, 7) is 0.170. The van der Waals surface area contributed by atoms with Gasteiger partial charge in [0, 0.05) is 16.3 Å². The number of carboxylic acids is 1. The lowest BCUT2D eigenvalue weighted by molar-refractivity contribution is 0.0685. The number of carboxylic acid groups (broad SMARTS) is 1. The highest BCUT2D eigenvalue weighted by molar-refractivity contribution is 6.06. The van der Waals surface area contributed by atoms with Gasteiger partial charge >= 0.3 is 5.97 Å². The van der Waals surface area contributed by atoms with Crippen molar-refractivity contribution >= 4 is 16.7 Å². The number of pyridine rings is 1. The van der Waals surface area contributed by atoms with Crippen LogP contribution in [0.2, 0.25) is 0 Å². The molecule has 0 unspecified atom stereocenters. The fourth-order valence-electron chi connectivity index (χ4n) is 3.59. The van der Waals surface area contributed by atoms with Gasteiger partial charge < -0.3 is 9.84 Å². The third kappa shape index (κ3) is 3.38. The molecule has 0 bridgehead atoms. The minimum absolute atomic E-state index is 0.0363. The molecule has 1 N–H and O–H groups in total. The molecule has 0 fully saturated rings. The van der Waals surface area contributed by atoms with Crippen molar-refractivity contribution < 1.29 is 14.6 Å². The first-order valence-corrected chi connectivity index (χ1v) is 9.17. The minimum Gasteiger partial charge on any atom is -0.497 e. The summed E-state index contributed by atoms with van der Waals surface area (Å²) in [6, 6.07) is 23.7. The molecule has 0 radical (unpaired) electrons. The Morgan fingerprint density at radius 3 is 2.21 bits per heavy atom. The smallest absolute Gasteiger partial charge is 0.353 e. The molecule has 4 aromatic rings. The summed E-state index contributed by atoms with van der Waals surface area (Å²) in [4.78, 5) is 25.7. The number of nitrogens with zero attached hydrogens (tertiary/aromatic N) is 1. The van der Waals surface area contributed by atoms with E-state index in [9.17, 15) is 14.7 Å². The van der Waals surface area contributed by atoms with Gasteiger partial charge in [0.2, 0.25) is 0 Å². The van der Waals surface area contributed by atoms with E-state index in [-0.39, 0.29) is 17.8 Å². The van der Waals surface area contributed by atoms with E-state index in [1.807, 2.05) is 60.7 Å². The van der Waals surface area contributed by atoms with Gasteiger partial charge in [0.05, 0.1) is 13.7 Å². The van der Waals surface area contributed by atoms with Crippen LogP contribution >= 0.6 is 0 Å². The summed E-state index contributed by atoms with van der Waals surface area (Å²) in [7, 11) is 1.54. The zero-order valence-electron chi connectivity index (χ0n) is 15.8. The molecule has 0 saturated heterocycles. The van der Waals surface area contributed by atoms with E-state index in [2.05, 4.69) is 0 Å². The number of hydrogen-bond acceptors (Lipinski definition) is 3. The fourth-order valence-corrected chi connectivity index (χ4v) is 3.59. The van der Waals surface area contributed by atoms with Crippen LogP contribution in [0.15, 0.2) is 83.7 Å². The lowest BCUT2D eigenvalue weighted by Crippen LogP contribution is -2.28. The van der Waals surface area contributed by atoms with Crippen LogP contribution in [0.4, 0.5) is 0 Å². The van der Waals surface area contributed by atoms with E-state index in [1.165, 1.54) is 11.7 Å². The van der Waals surface area contributed by atoms with Crippen molar-refractivity contribution in [3.8, 4) is 16.9 Å². The van der Waals surface area contributed by atoms with Gasteiger partial charge in [-0.3, -0.25) is 9.36 Å². The molecule has 0 aliphatic carbocycles. The van der Waals surface area contributed by atoms with Crippen LogP contribution in [0.1, 0.15) is 16.1 Å². The maximum absolute atomic E-state index is 13.3. The predicted octanol–water partition coefficient (Wildman–Crippen LogP) is 4.42. The Bertz CT molecular complexity index is 1240. The molecule has 5 nitrogen and oxygen atoms in total. The van der Waals surface area contributed by atoms with Gasteiger partial charge in [-0.25, -0.2) is 4.79 Å². The van der Waals surface area contributed by atoms with Crippen LogP contribution in [-0.4, -0.2) is 22.8 Å². The van der Waals surface area contributed by atoms with Crippen molar-refractivity contribution in [3.05, 3.63) is 100 Å². The normalized spacial score (nSPS) is 10.8. The highest BCUT2D eigenvalue weighted by atomic mass is 16.5. The first-order chi connectivity index (χ1) is 14.1. The van der Waals surface area contributed by atoms with Crippen LogP contribution in [0.5, 0.6) is 5.75 Å². The van der Waals surface area contributed by atoms with Gasteiger partial charge in [-0.15, -0.1) is 0 Å². The Morgan fingerprint density at radius 2 is 1.59 bits per heavy atom. The van der Waals surface area contributed by atoms with Crippen LogP contribution in [0.3, 0.4) is 0 Å². The molecule has 0 aliphatic heterocycles. The second-order valence-electron chi connectivity index (χ2n) is 6.68. The number of benzene rings is 3. The standard InChI is InChI=1S/C24H19NO4/c1-29-18-12-13-19-20(14-18)21(17-10-6-3-7-11-17)22(24(27)28)25(23(19)26)15-16-8-4-2-5-9-16/h2-14H,15H2,1H3,(H,27,28). The number of hydrogen-bond donors (Lipinski definition) is 1. The van der Waals surface area contributed by atoms with Gasteiger partial charge in [0.25, 0.3) is 5.56 Å². The zero-order chi connectivity index (χ0) is 20.4. The average molecular weight is 385 g/mol. The van der Waals surface area contributed by atoms with E-state index in [1.54, 1.807) is 18.2 Å². The monoisotopic (exact) mass is 385 g/mol. The van der Waals surface area contributed by atoms with Crippen molar-refractivity contribution in [3.63, 3.8) is 0 Å². The predicted molar refractivity (Wildman–Crippen MR) is 113 cm³/mol. The van der Waals surface area contributed by atoms with E-state index in [0.717, 1.165) is 11.1 Å². The van der Waals surface area contributed by atoms with E-state index in [0.29, 0.717) is 22.1 Å². The van der Waals surface area contributed by atoms with Crippen LogP contribution in [0, 0.1) is 0 Å². The van der Waals surface area contributed by atoms with Crippen molar-refractivity contribution in [2.75, 3.05) is 7.11 Å². The maximum atomic E-state index is 13.3. The quantitative estimate of drug-likeness (QED) is 0.552. The molecule has 4 rings (SSSR count). The summed E-state index contributed by atoms with van der Waals surface area (Å²) >= 11 is 0. The number of aromatic nitrogens is 1. The number of rotatable bonds is 5. The third-order valence-corrected chi connectivity index (χ3v) is 4.93. The summed E-state index contributed by atoms with van der Waals surface area (Å²) in [5, 5.41) is 11.1. The molecular weight excluding hydrogens is 366 g/mol. The molecule has 0 atom stereocenters. The van der Waals surface area contributed by atoms with Crippen molar-refractivity contribution in [2.45, 2.75) is 6.54 Å². The molecule has 29 heavy (non-hydrogen) atoms. The molecule has 1 aromatic heterocycles. The lowest BCUT2D eigenvalue weighted by atomic mass is 9.96. The molecule has 1 heterocycles. The van der Waals surface area contributed by atoms with Gasteiger partial charge in [0.15, 0.2) is 0 Å². The Labute approximate surface area is 167 Å². The lowest BCUT2D eigenvalue weighted by Gasteiger charge is -2.18. The summed E-state index contributed by atoms with van der Waals surface area (Å²) in [5.74, 6) is -0.590. The van der Waals surface area contributed by atoms with Crippen molar-refractivity contribution in [1.29, 1.82) is 0 Å². The van der Waals surface area contributed by atoms with Crippen molar-refractivity contribution in [1.82, 2.24) is 4.57 Å². The number of aromatic carboxylic acids is 1. The molecular formula is C24H19NO4. The second-order valence-corrected chi connectivity index (χ2v) is 6.68. The molecule has 0 saturated carbocycles. The van der Waals surface area contributed by atoms with E-state index < -0.39 is 5.97 Å². The largest absolute Gasteiger partial charge is 0.497 e. The van der Waals surface area contributed by atoms with Crippen LogP contribution < -0.4 is 10.3 Å². The van der Waals surface area contributed by atoms with Crippen LogP contribution in [0.25, 0.3) is 21.9 Å². The fraction of sp³-hybridized carbons (Fsp3) is 0.0833. The number of fused-ring (bicyclic) bond motifs is 1. The SMILES string of the molecule is COc1ccc2c(=O)n(Cc3ccccc3)c(C(=O)O)c(-c3ccccc3)c2c1. The molecule has 5 heteroatoms. The topological polar surface area (TPSA) is 68.5 Å². The number of ether oxygens (including phenoxy) is 1. The van der Waals surface area contributed by atoms with Crippen LogP contribution in [-0.2, 0) is 6.54 Å². The third-order valence-electron chi connectivity index (χ3n) is 4.93. The number of carbonyl (C=O) groups is 1. The first kappa shape index (κ1) is 18.5. The first-order valence-electron chi connectivity index (χ1n) is 9.17. The average Bonchev–Trinajstić information content (AvgIpc) is 2.76. The Morgan fingerprint density at radius 1 is 0.931 bits per heavy atom. The Hall–Kier alpha value is -3.86. The molecule has 144 valence electrons. The van der Waals surface area contributed by atoms with Gasteiger partial charge in [-0.05, 0) is 29.3 Å². The molecule has 0 amide bonds. The second kappa shape index (κ2) is 7.64. The number of methoxy groups -OCH3 is 1. The van der Waals surface area contributed by atoms with Gasteiger partial charge in [-0.2, -0.15) is 0 Å². The molecule has 0 spiro atoms. The summed E-state index contributed by atoms with van der Waals surface area (Å²) < 4.78 is 6.67. The van der Waals surface area contributed by atoms with E-state index >= 15 is 0 Å². The molecule has 0 aliphatic rings. The molecule has 3 aromatic carbocycles. The van der Waals surface area contributed by atoms with Gasteiger partial charge in [0.1, 0.15) is 11.4 Å². The summed E-state index contributed by atoms with van der Waals surface area (Å²) in [6.07, 6.45) is 0. The Balaban J connectivity index is 2.13. The summed E-state index contributed by atoms with van der Waals surface area (Å²) in [5.41, 5.74) is 1.70. The van der Waals surface area contributed by atoms with Gasteiger partial charge in [-0.1, -0.05) is 60.7 Å². The Kier molecular flexibility index (Phi) is 4.87. The highest BCUT2D eigenvalue weighted by Crippen LogP contribution is 2.33. The minimum atomic E-state index is -1.15. The van der Waals surface area contributed by atoms with E-state index in [4.69, 9.17) is 4.74 Å².